The molecule has 0 aliphatic heterocycles. The maximum atomic E-state index is 5.25. The molecule has 0 radical (unpaired) electrons. The number of para-hydroxylation sites is 2. The first-order valence-corrected chi connectivity index (χ1v) is 14.5. The van der Waals surface area contributed by atoms with Gasteiger partial charge in [0.25, 0.3) is 0 Å². The van der Waals surface area contributed by atoms with E-state index in [1.807, 2.05) is 12.1 Å². The van der Waals surface area contributed by atoms with E-state index in [1.54, 1.807) is 0 Å². The van der Waals surface area contributed by atoms with E-state index in [0.717, 1.165) is 33.2 Å². The molecule has 0 amide bonds. The largest absolute Gasteiger partial charge is 0.278 e. The van der Waals surface area contributed by atoms with Gasteiger partial charge in [-0.1, -0.05) is 111 Å². The summed E-state index contributed by atoms with van der Waals surface area (Å²) in [4.78, 5) is 10.4. The number of aromatic nitrogens is 3. The van der Waals surface area contributed by atoms with Gasteiger partial charge in [-0.05, 0) is 63.4 Å². The Hall–Kier alpha value is -5.28. The van der Waals surface area contributed by atoms with Gasteiger partial charge in [0, 0.05) is 27.1 Å². The second-order valence-electron chi connectivity index (χ2n) is 11.9. The SMILES string of the molecule is CC1(C)c2ccccc2-c2cc3c(ccc4c3c3ccccc3n4-c3nc(-c4ccccc4)c4ccccc4n3)cc21. The predicted octanol–water partition coefficient (Wildman–Crippen LogP) is 9.85. The zero-order valence-electron chi connectivity index (χ0n) is 23.5. The second-order valence-corrected chi connectivity index (χ2v) is 11.9. The average Bonchev–Trinajstić information content (AvgIpc) is 3.49. The predicted molar refractivity (Wildman–Crippen MR) is 174 cm³/mol. The molecule has 9 rings (SSSR count). The van der Waals surface area contributed by atoms with E-state index in [0.29, 0.717) is 5.95 Å². The van der Waals surface area contributed by atoms with Gasteiger partial charge in [0.2, 0.25) is 5.95 Å². The number of hydrogen-bond donors (Lipinski definition) is 0. The van der Waals surface area contributed by atoms with Crippen LogP contribution in [0, 0.1) is 0 Å². The van der Waals surface area contributed by atoms with Crippen LogP contribution in [0.1, 0.15) is 25.0 Å². The molecule has 198 valence electrons. The molecule has 8 aromatic rings. The molecule has 3 nitrogen and oxygen atoms in total. The molecule has 2 heterocycles. The zero-order chi connectivity index (χ0) is 28.0. The van der Waals surface area contributed by atoms with E-state index in [2.05, 4.69) is 134 Å². The summed E-state index contributed by atoms with van der Waals surface area (Å²) in [6, 6.07) is 45.6. The smallest absolute Gasteiger partial charge is 0.235 e. The van der Waals surface area contributed by atoms with Crippen molar-refractivity contribution in [2.45, 2.75) is 19.3 Å². The van der Waals surface area contributed by atoms with Crippen LogP contribution in [-0.4, -0.2) is 14.5 Å². The van der Waals surface area contributed by atoms with Crippen molar-refractivity contribution in [3.63, 3.8) is 0 Å². The quantitative estimate of drug-likeness (QED) is 0.220. The Kier molecular flexibility index (Phi) is 4.67. The van der Waals surface area contributed by atoms with E-state index in [-0.39, 0.29) is 5.41 Å². The van der Waals surface area contributed by atoms with Crippen molar-refractivity contribution in [1.29, 1.82) is 0 Å². The fourth-order valence-corrected chi connectivity index (χ4v) is 7.18. The standard InChI is InChI=1S/C39H27N3/c1-39(2)31-17-9-6-14-26(31)30-23-29-25(22-32(30)39)20-21-35-36(29)28-16-8-11-19-34(28)42(35)38-40-33-18-10-7-15-27(33)37(41-38)24-12-4-3-5-13-24/h3-23H,1-2H3. The normalized spacial score (nSPS) is 13.7. The molecule has 0 unspecified atom stereocenters. The first kappa shape index (κ1) is 23.4. The van der Waals surface area contributed by atoms with Gasteiger partial charge in [0.1, 0.15) is 0 Å². The molecule has 3 heteroatoms. The van der Waals surface area contributed by atoms with Crippen LogP contribution in [0.2, 0.25) is 0 Å². The summed E-state index contributed by atoms with van der Waals surface area (Å²) in [6.45, 7) is 4.69. The molecule has 0 saturated heterocycles. The maximum absolute atomic E-state index is 5.25. The van der Waals surface area contributed by atoms with Crippen LogP contribution in [0.4, 0.5) is 0 Å². The molecule has 0 N–H and O–H groups in total. The van der Waals surface area contributed by atoms with Crippen LogP contribution in [0.3, 0.4) is 0 Å². The number of hydrogen-bond acceptors (Lipinski definition) is 2. The van der Waals surface area contributed by atoms with E-state index in [1.165, 1.54) is 43.8 Å². The Morgan fingerprint density at radius 3 is 2.17 bits per heavy atom. The first-order chi connectivity index (χ1) is 20.6. The van der Waals surface area contributed by atoms with Crippen molar-refractivity contribution in [2.24, 2.45) is 0 Å². The van der Waals surface area contributed by atoms with Crippen molar-refractivity contribution >= 4 is 43.5 Å². The molecule has 6 aromatic carbocycles. The van der Waals surface area contributed by atoms with Crippen LogP contribution >= 0.6 is 0 Å². The Balaban J connectivity index is 1.39. The molecular formula is C39H27N3. The zero-order valence-corrected chi connectivity index (χ0v) is 23.5. The molecule has 0 bridgehead atoms. The van der Waals surface area contributed by atoms with Crippen molar-refractivity contribution < 1.29 is 0 Å². The van der Waals surface area contributed by atoms with Gasteiger partial charge < -0.3 is 0 Å². The van der Waals surface area contributed by atoms with E-state index in [9.17, 15) is 0 Å². The van der Waals surface area contributed by atoms with Gasteiger partial charge in [-0.3, -0.25) is 4.57 Å². The summed E-state index contributed by atoms with van der Waals surface area (Å²) >= 11 is 0. The number of nitrogens with zero attached hydrogens (tertiary/aromatic N) is 3. The van der Waals surface area contributed by atoms with Gasteiger partial charge >= 0.3 is 0 Å². The number of rotatable bonds is 2. The Bertz CT molecular complexity index is 2380. The van der Waals surface area contributed by atoms with Crippen LogP contribution in [0.5, 0.6) is 0 Å². The Morgan fingerprint density at radius 2 is 1.29 bits per heavy atom. The topological polar surface area (TPSA) is 30.7 Å². The lowest BCUT2D eigenvalue weighted by Crippen LogP contribution is -2.14. The van der Waals surface area contributed by atoms with E-state index in [4.69, 9.17) is 9.97 Å². The molecule has 2 aromatic heterocycles. The van der Waals surface area contributed by atoms with Gasteiger partial charge in [-0.25, -0.2) is 9.97 Å². The van der Waals surface area contributed by atoms with E-state index < -0.39 is 0 Å². The molecule has 1 aliphatic carbocycles. The van der Waals surface area contributed by atoms with Crippen LogP contribution in [0.15, 0.2) is 127 Å². The van der Waals surface area contributed by atoms with Gasteiger partial charge in [0.05, 0.1) is 22.2 Å². The van der Waals surface area contributed by atoms with Crippen LogP contribution < -0.4 is 0 Å². The summed E-state index contributed by atoms with van der Waals surface area (Å²) in [5.41, 5.74) is 10.6. The van der Waals surface area contributed by atoms with E-state index >= 15 is 0 Å². The lowest BCUT2D eigenvalue weighted by Gasteiger charge is -2.21. The lowest BCUT2D eigenvalue weighted by atomic mass is 9.82. The second kappa shape index (κ2) is 8.37. The minimum Gasteiger partial charge on any atom is -0.278 e. The first-order valence-electron chi connectivity index (χ1n) is 14.5. The van der Waals surface area contributed by atoms with Crippen molar-refractivity contribution in [2.75, 3.05) is 0 Å². The molecule has 42 heavy (non-hydrogen) atoms. The van der Waals surface area contributed by atoms with Crippen molar-refractivity contribution in [3.8, 4) is 28.3 Å². The molecule has 0 saturated carbocycles. The monoisotopic (exact) mass is 537 g/mol. The van der Waals surface area contributed by atoms with Gasteiger partial charge in [0.15, 0.2) is 0 Å². The average molecular weight is 538 g/mol. The Morgan fingerprint density at radius 1 is 0.548 bits per heavy atom. The third kappa shape index (κ3) is 3.11. The van der Waals surface area contributed by atoms with Crippen LogP contribution in [0.25, 0.3) is 71.8 Å². The van der Waals surface area contributed by atoms with Crippen LogP contribution in [-0.2, 0) is 5.41 Å². The van der Waals surface area contributed by atoms with Gasteiger partial charge in [-0.2, -0.15) is 0 Å². The third-order valence-electron chi connectivity index (χ3n) is 9.19. The summed E-state index contributed by atoms with van der Waals surface area (Å²) in [7, 11) is 0. The number of fused-ring (bicyclic) bond motifs is 9. The molecule has 0 spiro atoms. The van der Waals surface area contributed by atoms with Crippen molar-refractivity contribution in [1.82, 2.24) is 14.5 Å². The maximum Gasteiger partial charge on any atom is 0.235 e. The molecule has 1 aliphatic rings. The lowest BCUT2D eigenvalue weighted by molar-refractivity contribution is 0.661. The molecule has 0 fully saturated rings. The number of benzene rings is 6. The highest BCUT2D eigenvalue weighted by Crippen LogP contribution is 2.50. The highest BCUT2D eigenvalue weighted by molar-refractivity contribution is 6.22. The third-order valence-corrected chi connectivity index (χ3v) is 9.19. The van der Waals surface area contributed by atoms with Gasteiger partial charge in [-0.15, -0.1) is 0 Å². The van der Waals surface area contributed by atoms with Crippen molar-refractivity contribution in [3.05, 3.63) is 139 Å². The summed E-state index contributed by atoms with van der Waals surface area (Å²) in [5.74, 6) is 0.686. The molecule has 0 atom stereocenters. The summed E-state index contributed by atoms with van der Waals surface area (Å²) in [5, 5.41) is 6.02. The Labute approximate surface area is 243 Å². The highest BCUT2D eigenvalue weighted by Gasteiger charge is 2.35. The highest BCUT2D eigenvalue weighted by atomic mass is 15.2. The minimum atomic E-state index is -0.0319. The fraction of sp³-hybridized carbons (Fsp3) is 0.0769. The summed E-state index contributed by atoms with van der Waals surface area (Å²) in [6.07, 6.45) is 0. The summed E-state index contributed by atoms with van der Waals surface area (Å²) < 4.78 is 2.24. The molecular weight excluding hydrogens is 510 g/mol. The fourth-order valence-electron chi connectivity index (χ4n) is 7.18. The minimum absolute atomic E-state index is 0.0319.